The van der Waals surface area contributed by atoms with Gasteiger partial charge in [-0.15, -0.1) is 0 Å². The molecule has 0 fully saturated rings. The number of anilines is 4. The smallest absolute Gasteiger partial charge is 0.273 e. The van der Waals surface area contributed by atoms with E-state index in [1.54, 1.807) is 30.5 Å². The highest BCUT2D eigenvalue weighted by molar-refractivity contribution is 5.97. The van der Waals surface area contributed by atoms with Crippen LogP contribution >= 0.6 is 0 Å². The van der Waals surface area contributed by atoms with Crippen molar-refractivity contribution in [3.8, 4) is 5.75 Å². The van der Waals surface area contributed by atoms with Gasteiger partial charge in [0.1, 0.15) is 23.6 Å². The summed E-state index contributed by atoms with van der Waals surface area (Å²) in [6, 6.07) is 10.6. The second kappa shape index (κ2) is 8.00. The number of para-hydroxylation sites is 1. The Balaban J connectivity index is 1.72. The maximum atomic E-state index is 12.4. The predicted octanol–water partition coefficient (Wildman–Crippen LogP) is 2.27. The minimum atomic E-state index is -0.389. The minimum absolute atomic E-state index is 0.236. The van der Waals surface area contributed by atoms with Gasteiger partial charge < -0.3 is 15.8 Å². The van der Waals surface area contributed by atoms with Crippen molar-refractivity contribution in [3.05, 3.63) is 60.0 Å². The summed E-state index contributed by atoms with van der Waals surface area (Å²) in [7, 11) is 1.50. The van der Waals surface area contributed by atoms with E-state index in [1.807, 2.05) is 19.1 Å². The van der Waals surface area contributed by atoms with Gasteiger partial charge in [0.05, 0.1) is 12.7 Å². The molecule has 1 aromatic carbocycles. The van der Waals surface area contributed by atoms with Gasteiger partial charge in [0.2, 0.25) is 0 Å². The van der Waals surface area contributed by atoms with Crippen LogP contribution in [-0.2, 0) is 0 Å². The number of pyridine rings is 1. The lowest BCUT2D eigenvalue weighted by atomic mass is 10.2. The Labute approximate surface area is 156 Å². The average molecular weight is 365 g/mol. The monoisotopic (exact) mass is 365 g/mol. The molecule has 0 saturated carbocycles. The molecule has 0 saturated heterocycles. The number of hydrazine groups is 1. The second-order valence-corrected chi connectivity index (χ2v) is 5.61. The van der Waals surface area contributed by atoms with Gasteiger partial charge in [0, 0.05) is 6.20 Å². The van der Waals surface area contributed by atoms with E-state index >= 15 is 0 Å². The number of aromatic nitrogens is 3. The summed E-state index contributed by atoms with van der Waals surface area (Å²) in [4.78, 5) is 24.8. The Kier molecular flexibility index (Phi) is 5.31. The highest BCUT2D eigenvalue weighted by Gasteiger charge is 2.13. The molecule has 0 radical (unpaired) electrons. The van der Waals surface area contributed by atoms with Gasteiger partial charge in [-0.3, -0.25) is 15.6 Å². The van der Waals surface area contributed by atoms with Crippen molar-refractivity contribution in [1.29, 1.82) is 0 Å². The summed E-state index contributed by atoms with van der Waals surface area (Å²) in [5.74, 6) is 1.29. The molecule has 0 aliphatic heterocycles. The molecule has 1 amide bonds. The van der Waals surface area contributed by atoms with Crippen LogP contribution in [0.4, 0.5) is 23.1 Å². The summed E-state index contributed by atoms with van der Waals surface area (Å²) >= 11 is 0. The molecule has 9 heteroatoms. The molecule has 3 rings (SSSR count). The number of amides is 1. The summed E-state index contributed by atoms with van der Waals surface area (Å²) < 4.78 is 5.18. The van der Waals surface area contributed by atoms with E-state index < -0.39 is 0 Å². The number of nitrogens with two attached hydrogens (primary N) is 1. The number of methoxy groups -OCH3 is 1. The maximum Gasteiger partial charge on any atom is 0.273 e. The number of nitrogens with zero attached hydrogens (tertiary/aromatic N) is 3. The first kappa shape index (κ1) is 17.9. The lowest BCUT2D eigenvalue weighted by Crippen LogP contribution is -2.30. The first-order chi connectivity index (χ1) is 13.1. The molecule has 9 nitrogen and oxygen atoms in total. The van der Waals surface area contributed by atoms with E-state index in [4.69, 9.17) is 10.5 Å². The molecule has 2 aromatic heterocycles. The number of nitrogens with one attached hydrogen (secondary N) is 3. The van der Waals surface area contributed by atoms with Crippen molar-refractivity contribution in [2.24, 2.45) is 0 Å². The normalized spacial score (nSPS) is 10.1. The average Bonchev–Trinajstić information content (AvgIpc) is 2.70. The molecule has 0 unspecified atom stereocenters. The van der Waals surface area contributed by atoms with Crippen LogP contribution in [0.1, 0.15) is 15.9 Å². The van der Waals surface area contributed by atoms with Crippen LogP contribution in [0.15, 0.2) is 48.9 Å². The van der Waals surface area contributed by atoms with Crippen molar-refractivity contribution < 1.29 is 9.53 Å². The predicted molar refractivity (Wildman–Crippen MR) is 103 cm³/mol. The summed E-state index contributed by atoms with van der Waals surface area (Å²) in [6.45, 7) is 1.95. The third-order valence-electron chi connectivity index (χ3n) is 3.69. The van der Waals surface area contributed by atoms with Gasteiger partial charge in [0.25, 0.3) is 5.91 Å². The van der Waals surface area contributed by atoms with E-state index in [1.165, 1.54) is 13.4 Å². The van der Waals surface area contributed by atoms with Crippen LogP contribution in [0.2, 0.25) is 0 Å². The van der Waals surface area contributed by atoms with Gasteiger partial charge >= 0.3 is 0 Å². The standard InChI is InChI=1S/C18H19N7O2/c1-11-7-8-14(20-9-11)23-16-15(19)17(22-10-21-16)24-25-18(26)12-5-3-4-6-13(12)27-2/h3-10H,19H2,1-2H3,(H,25,26)(H2,20,21,22,23,24). The van der Waals surface area contributed by atoms with Crippen molar-refractivity contribution in [1.82, 2.24) is 20.4 Å². The molecule has 0 aliphatic rings. The third-order valence-corrected chi connectivity index (χ3v) is 3.69. The number of ether oxygens (including phenoxy) is 1. The summed E-state index contributed by atoms with van der Waals surface area (Å²) in [5.41, 5.74) is 13.0. The number of hydrogen-bond donors (Lipinski definition) is 4. The SMILES string of the molecule is COc1ccccc1C(=O)NNc1ncnc(Nc2ccc(C)cn2)c1N. The maximum absolute atomic E-state index is 12.4. The first-order valence-corrected chi connectivity index (χ1v) is 8.08. The van der Waals surface area contributed by atoms with Gasteiger partial charge in [-0.05, 0) is 30.7 Å². The fourth-order valence-corrected chi connectivity index (χ4v) is 2.27. The van der Waals surface area contributed by atoms with E-state index in [-0.39, 0.29) is 17.4 Å². The zero-order chi connectivity index (χ0) is 19.2. The fourth-order valence-electron chi connectivity index (χ4n) is 2.27. The van der Waals surface area contributed by atoms with Crippen LogP contribution in [0, 0.1) is 6.92 Å². The number of benzene rings is 1. The Hall–Kier alpha value is -3.88. The minimum Gasteiger partial charge on any atom is -0.496 e. The van der Waals surface area contributed by atoms with Crippen molar-refractivity contribution in [3.63, 3.8) is 0 Å². The van der Waals surface area contributed by atoms with E-state index in [2.05, 4.69) is 31.1 Å². The topological polar surface area (TPSA) is 127 Å². The van der Waals surface area contributed by atoms with Crippen LogP contribution in [0.25, 0.3) is 0 Å². The van der Waals surface area contributed by atoms with Gasteiger partial charge in [0.15, 0.2) is 11.6 Å². The van der Waals surface area contributed by atoms with Crippen molar-refractivity contribution in [2.45, 2.75) is 6.92 Å². The lowest BCUT2D eigenvalue weighted by molar-refractivity contribution is 0.0959. The molecule has 2 heterocycles. The molecule has 138 valence electrons. The van der Waals surface area contributed by atoms with Crippen LogP contribution in [0.3, 0.4) is 0 Å². The first-order valence-electron chi connectivity index (χ1n) is 8.08. The largest absolute Gasteiger partial charge is 0.496 e. The third kappa shape index (κ3) is 4.21. The van der Waals surface area contributed by atoms with Crippen LogP contribution in [-0.4, -0.2) is 28.0 Å². The molecule has 27 heavy (non-hydrogen) atoms. The second-order valence-electron chi connectivity index (χ2n) is 5.61. The van der Waals surface area contributed by atoms with Gasteiger partial charge in [-0.1, -0.05) is 18.2 Å². The Morgan fingerprint density at radius 2 is 1.85 bits per heavy atom. The quantitative estimate of drug-likeness (QED) is 0.490. The van der Waals surface area contributed by atoms with E-state index in [0.717, 1.165) is 5.56 Å². The Morgan fingerprint density at radius 1 is 1.07 bits per heavy atom. The molecule has 0 aliphatic carbocycles. The highest BCUT2D eigenvalue weighted by Crippen LogP contribution is 2.24. The number of carbonyl (C=O) groups excluding carboxylic acids is 1. The zero-order valence-electron chi connectivity index (χ0n) is 14.9. The Morgan fingerprint density at radius 3 is 2.59 bits per heavy atom. The van der Waals surface area contributed by atoms with Crippen LogP contribution in [0.5, 0.6) is 5.75 Å². The number of carbonyl (C=O) groups is 1. The number of nitrogen functional groups attached to an aromatic ring is 1. The summed E-state index contributed by atoms with van der Waals surface area (Å²) in [5, 5.41) is 3.02. The molecule has 3 aromatic rings. The zero-order valence-corrected chi connectivity index (χ0v) is 14.9. The number of hydrogen-bond acceptors (Lipinski definition) is 8. The van der Waals surface area contributed by atoms with E-state index in [9.17, 15) is 4.79 Å². The molecule has 5 N–H and O–H groups in total. The molecule has 0 atom stereocenters. The molecule has 0 bridgehead atoms. The van der Waals surface area contributed by atoms with E-state index in [0.29, 0.717) is 22.9 Å². The lowest BCUT2D eigenvalue weighted by Gasteiger charge is -2.13. The molecule has 0 spiro atoms. The van der Waals surface area contributed by atoms with Crippen molar-refractivity contribution in [2.75, 3.05) is 23.6 Å². The Bertz CT molecular complexity index is 945. The molecular formula is C18H19N7O2. The highest BCUT2D eigenvalue weighted by atomic mass is 16.5. The number of rotatable bonds is 6. The van der Waals surface area contributed by atoms with Gasteiger partial charge in [-0.25, -0.2) is 15.0 Å². The fraction of sp³-hybridized carbons (Fsp3) is 0.111. The summed E-state index contributed by atoms with van der Waals surface area (Å²) in [6.07, 6.45) is 3.05. The molecular weight excluding hydrogens is 346 g/mol. The van der Waals surface area contributed by atoms with Crippen LogP contribution < -0.4 is 26.6 Å². The van der Waals surface area contributed by atoms with Gasteiger partial charge in [-0.2, -0.15) is 0 Å². The van der Waals surface area contributed by atoms with Crippen molar-refractivity contribution >= 4 is 29.0 Å². The number of aryl methyl sites for hydroxylation is 1.